The van der Waals surface area contributed by atoms with Crippen molar-refractivity contribution in [3.05, 3.63) is 35.4 Å². The fourth-order valence-electron chi connectivity index (χ4n) is 3.14. The van der Waals surface area contributed by atoms with E-state index in [0.717, 1.165) is 31.2 Å². The monoisotopic (exact) mass is 288 g/mol. The Morgan fingerprint density at radius 1 is 1.19 bits per heavy atom. The van der Waals surface area contributed by atoms with E-state index in [4.69, 9.17) is 5.73 Å². The Bertz CT molecular complexity index is 459. The van der Waals surface area contributed by atoms with Gasteiger partial charge >= 0.3 is 0 Å². The van der Waals surface area contributed by atoms with Gasteiger partial charge in [-0.2, -0.15) is 0 Å². The van der Waals surface area contributed by atoms with Crippen LogP contribution in [0, 0.1) is 5.41 Å². The number of benzene rings is 1. The minimum Gasteiger partial charge on any atom is -0.352 e. The Morgan fingerprint density at radius 2 is 1.81 bits per heavy atom. The van der Waals surface area contributed by atoms with Crippen molar-refractivity contribution in [3.8, 4) is 0 Å². The van der Waals surface area contributed by atoms with Crippen molar-refractivity contribution < 1.29 is 4.79 Å². The molecule has 0 saturated heterocycles. The van der Waals surface area contributed by atoms with Crippen molar-refractivity contribution in [2.45, 2.75) is 58.4 Å². The van der Waals surface area contributed by atoms with Crippen LogP contribution in [-0.4, -0.2) is 12.5 Å². The molecule has 1 saturated carbocycles. The first-order valence-electron chi connectivity index (χ1n) is 8.14. The molecule has 1 aliphatic carbocycles. The van der Waals surface area contributed by atoms with Gasteiger partial charge in [0.05, 0.1) is 5.41 Å². The van der Waals surface area contributed by atoms with Gasteiger partial charge < -0.3 is 11.1 Å². The molecule has 116 valence electrons. The van der Waals surface area contributed by atoms with Gasteiger partial charge in [0.2, 0.25) is 5.91 Å². The van der Waals surface area contributed by atoms with Crippen LogP contribution in [0.4, 0.5) is 0 Å². The second-order valence-electron chi connectivity index (χ2n) is 6.62. The average Bonchev–Trinajstić information content (AvgIpc) is 2.53. The van der Waals surface area contributed by atoms with Crippen LogP contribution in [0.2, 0.25) is 0 Å². The highest BCUT2D eigenvalue weighted by Gasteiger charge is 2.37. The van der Waals surface area contributed by atoms with Gasteiger partial charge in [0, 0.05) is 13.1 Å². The lowest BCUT2D eigenvalue weighted by atomic mass is 9.73. The van der Waals surface area contributed by atoms with Gasteiger partial charge in [-0.3, -0.25) is 4.79 Å². The fraction of sp³-hybridized carbons (Fsp3) is 0.611. The number of hydrogen-bond donors (Lipinski definition) is 2. The van der Waals surface area contributed by atoms with Gasteiger partial charge in [0.25, 0.3) is 0 Å². The second-order valence-corrected chi connectivity index (χ2v) is 6.62. The summed E-state index contributed by atoms with van der Waals surface area (Å²) in [5.74, 6) is 0.675. The van der Waals surface area contributed by atoms with E-state index in [1.165, 1.54) is 12.0 Å². The Kier molecular flexibility index (Phi) is 5.40. The molecule has 0 aliphatic heterocycles. The molecule has 1 aliphatic rings. The first kappa shape index (κ1) is 16.0. The summed E-state index contributed by atoms with van der Waals surface area (Å²) in [7, 11) is 0. The molecule has 0 aromatic heterocycles. The molecule has 3 N–H and O–H groups in total. The maximum atomic E-state index is 12.5. The van der Waals surface area contributed by atoms with E-state index >= 15 is 0 Å². The van der Waals surface area contributed by atoms with Crippen molar-refractivity contribution >= 4 is 5.91 Å². The molecule has 3 heteroatoms. The molecule has 0 spiro atoms. The molecule has 1 fully saturated rings. The van der Waals surface area contributed by atoms with E-state index in [1.54, 1.807) is 0 Å². The molecule has 0 bridgehead atoms. The zero-order valence-electron chi connectivity index (χ0n) is 13.3. The standard InChI is InChI=1S/C18H28N2O/c1-14(2)16-8-6-15(7-9-16)12-20-17(21)18(13-19)10-4-3-5-11-18/h6-9,14H,3-5,10-13,19H2,1-2H3,(H,20,21). The predicted molar refractivity (Wildman–Crippen MR) is 87.0 cm³/mol. The summed E-state index contributed by atoms with van der Waals surface area (Å²) < 4.78 is 0. The number of carbonyl (C=O) groups excluding carboxylic acids is 1. The fourth-order valence-corrected chi connectivity index (χ4v) is 3.14. The minimum absolute atomic E-state index is 0.137. The molecule has 21 heavy (non-hydrogen) atoms. The predicted octanol–water partition coefficient (Wildman–Crippen LogP) is 3.34. The summed E-state index contributed by atoms with van der Waals surface area (Å²) in [6.45, 7) is 5.43. The lowest BCUT2D eigenvalue weighted by Crippen LogP contribution is -2.46. The molecule has 0 radical (unpaired) electrons. The summed E-state index contributed by atoms with van der Waals surface area (Å²) in [5, 5.41) is 3.09. The lowest BCUT2D eigenvalue weighted by molar-refractivity contribution is -0.132. The SMILES string of the molecule is CC(C)c1ccc(CNC(=O)C2(CN)CCCCC2)cc1. The second kappa shape index (κ2) is 7.08. The van der Waals surface area contributed by atoms with Crippen LogP contribution in [0.5, 0.6) is 0 Å². The number of nitrogens with one attached hydrogen (secondary N) is 1. The third-order valence-corrected chi connectivity index (χ3v) is 4.78. The molecule has 1 amide bonds. The maximum absolute atomic E-state index is 12.5. The summed E-state index contributed by atoms with van der Waals surface area (Å²) >= 11 is 0. The topological polar surface area (TPSA) is 55.1 Å². The van der Waals surface area contributed by atoms with Gasteiger partial charge in [-0.1, -0.05) is 57.4 Å². The third-order valence-electron chi connectivity index (χ3n) is 4.78. The summed E-state index contributed by atoms with van der Waals surface area (Å²) in [6.07, 6.45) is 5.33. The lowest BCUT2D eigenvalue weighted by Gasteiger charge is -2.34. The van der Waals surface area contributed by atoms with Crippen LogP contribution >= 0.6 is 0 Å². The Morgan fingerprint density at radius 3 is 2.33 bits per heavy atom. The van der Waals surface area contributed by atoms with Gasteiger partial charge in [0.15, 0.2) is 0 Å². The zero-order valence-corrected chi connectivity index (χ0v) is 13.3. The molecule has 2 rings (SSSR count). The zero-order chi connectivity index (χ0) is 15.3. The average molecular weight is 288 g/mol. The van der Waals surface area contributed by atoms with E-state index in [9.17, 15) is 4.79 Å². The normalized spacial score (nSPS) is 17.7. The van der Waals surface area contributed by atoms with Gasteiger partial charge in [-0.05, 0) is 29.9 Å². The summed E-state index contributed by atoms with van der Waals surface area (Å²) in [5.41, 5.74) is 8.06. The smallest absolute Gasteiger partial charge is 0.227 e. The molecule has 0 atom stereocenters. The van der Waals surface area contributed by atoms with Crippen LogP contribution in [-0.2, 0) is 11.3 Å². The Balaban J connectivity index is 1.93. The van der Waals surface area contributed by atoms with Crippen LogP contribution < -0.4 is 11.1 Å². The maximum Gasteiger partial charge on any atom is 0.227 e. The highest BCUT2D eigenvalue weighted by atomic mass is 16.2. The highest BCUT2D eigenvalue weighted by molar-refractivity contribution is 5.83. The number of nitrogens with two attached hydrogens (primary N) is 1. The Hall–Kier alpha value is -1.35. The van der Waals surface area contributed by atoms with Gasteiger partial charge in [-0.25, -0.2) is 0 Å². The first-order valence-corrected chi connectivity index (χ1v) is 8.14. The number of rotatable bonds is 5. The van der Waals surface area contributed by atoms with E-state index in [1.807, 2.05) is 0 Å². The van der Waals surface area contributed by atoms with Crippen LogP contribution in [0.15, 0.2) is 24.3 Å². The van der Waals surface area contributed by atoms with Gasteiger partial charge in [-0.15, -0.1) is 0 Å². The van der Waals surface area contributed by atoms with Crippen LogP contribution in [0.1, 0.15) is 63.0 Å². The van der Waals surface area contributed by atoms with E-state index < -0.39 is 0 Å². The number of amides is 1. The van der Waals surface area contributed by atoms with E-state index in [0.29, 0.717) is 19.0 Å². The molecule has 1 aromatic rings. The number of carbonyl (C=O) groups is 1. The molecule has 0 unspecified atom stereocenters. The molecule has 3 nitrogen and oxygen atoms in total. The molecule has 0 heterocycles. The van der Waals surface area contributed by atoms with E-state index in [-0.39, 0.29) is 11.3 Å². The Labute approximate surface area is 128 Å². The highest BCUT2D eigenvalue weighted by Crippen LogP contribution is 2.35. The molecule has 1 aromatic carbocycles. The summed E-state index contributed by atoms with van der Waals surface area (Å²) in [6, 6.07) is 8.49. The molecular weight excluding hydrogens is 260 g/mol. The van der Waals surface area contributed by atoms with Crippen molar-refractivity contribution in [1.82, 2.24) is 5.32 Å². The van der Waals surface area contributed by atoms with Crippen molar-refractivity contribution in [1.29, 1.82) is 0 Å². The molecular formula is C18H28N2O. The van der Waals surface area contributed by atoms with Crippen LogP contribution in [0.3, 0.4) is 0 Å². The van der Waals surface area contributed by atoms with E-state index in [2.05, 4.69) is 43.4 Å². The third kappa shape index (κ3) is 3.85. The first-order chi connectivity index (χ1) is 10.1. The van der Waals surface area contributed by atoms with Crippen molar-refractivity contribution in [2.24, 2.45) is 11.1 Å². The quantitative estimate of drug-likeness (QED) is 0.873. The van der Waals surface area contributed by atoms with Crippen molar-refractivity contribution in [2.75, 3.05) is 6.54 Å². The largest absolute Gasteiger partial charge is 0.352 e. The minimum atomic E-state index is -0.323. The van der Waals surface area contributed by atoms with Crippen LogP contribution in [0.25, 0.3) is 0 Å². The number of hydrogen-bond acceptors (Lipinski definition) is 2. The van der Waals surface area contributed by atoms with Gasteiger partial charge in [0.1, 0.15) is 0 Å². The summed E-state index contributed by atoms with van der Waals surface area (Å²) in [4.78, 5) is 12.5. The van der Waals surface area contributed by atoms with Crippen molar-refractivity contribution in [3.63, 3.8) is 0 Å².